The van der Waals surface area contributed by atoms with E-state index in [0.717, 1.165) is 24.8 Å². The third-order valence-electron chi connectivity index (χ3n) is 3.78. The van der Waals surface area contributed by atoms with E-state index in [1.165, 1.54) is 0 Å². The molecule has 2 rings (SSSR count). The average Bonchev–Trinajstić information content (AvgIpc) is 2.36. The van der Waals surface area contributed by atoms with Gasteiger partial charge in [0.2, 0.25) is 5.91 Å². The Morgan fingerprint density at radius 2 is 1.95 bits per heavy atom. The summed E-state index contributed by atoms with van der Waals surface area (Å²) in [7, 11) is 0. The van der Waals surface area contributed by atoms with Crippen LogP contribution in [-0.2, 0) is 9.59 Å². The molecule has 5 nitrogen and oxygen atoms in total. The van der Waals surface area contributed by atoms with Crippen LogP contribution in [-0.4, -0.2) is 22.5 Å². The molecule has 1 aliphatic carbocycles. The molecule has 1 unspecified atom stereocenters. The van der Waals surface area contributed by atoms with Crippen LogP contribution in [0.3, 0.4) is 0 Å². The third-order valence-corrected chi connectivity index (χ3v) is 3.78. The van der Waals surface area contributed by atoms with E-state index < -0.39 is 17.6 Å². The number of amides is 1. The van der Waals surface area contributed by atoms with Gasteiger partial charge in [-0.2, -0.15) is 0 Å². The molecule has 0 bridgehead atoms. The molecule has 0 saturated heterocycles. The number of carboxylic acid groups (broad SMARTS) is 1. The quantitative estimate of drug-likeness (QED) is 0.735. The Balaban J connectivity index is 2.00. The van der Waals surface area contributed by atoms with Gasteiger partial charge in [0.05, 0.1) is 12.5 Å². The maximum atomic E-state index is 12.0. The SMILES string of the molecule is NC1(CC(=O)NC(CC(=O)O)c2ccccc2)CCC1. The van der Waals surface area contributed by atoms with Gasteiger partial charge in [0.25, 0.3) is 0 Å². The standard InChI is InChI=1S/C15H20N2O3/c16-15(7-4-8-15)10-13(18)17-12(9-14(19)20)11-5-2-1-3-6-11/h1-3,5-6,12H,4,7-10,16H2,(H,17,18)(H,19,20). The molecule has 1 aromatic carbocycles. The fourth-order valence-electron chi connectivity index (χ4n) is 2.48. The summed E-state index contributed by atoms with van der Waals surface area (Å²) in [5.41, 5.74) is 6.44. The Morgan fingerprint density at radius 3 is 2.45 bits per heavy atom. The molecule has 20 heavy (non-hydrogen) atoms. The molecular formula is C15H20N2O3. The predicted octanol–water partition coefficient (Wildman–Crippen LogP) is 1.59. The van der Waals surface area contributed by atoms with Gasteiger partial charge in [-0.25, -0.2) is 0 Å². The van der Waals surface area contributed by atoms with Gasteiger partial charge in [0.15, 0.2) is 0 Å². The second-order valence-electron chi connectivity index (χ2n) is 5.52. The molecule has 0 radical (unpaired) electrons. The molecule has 4 N–H and O–H groups in total. The van der Waals surface area contributed by atoms with Crippen LogP contribution in [0.5, 0.6) is 0 Å². The zero-order valence-electron chi connectivity index (χ0n) is 11.3. The van der Waals surface area contributed by atoms with Gasteiger partial charge in [0.1, 0.15) is 0 Å². The minimum absolute atomic E-state index is 0.132. The summed E-state index contributed by atoms with van der Waals surface area (Å²) in [6.07, 6.45) is 2.90. The number of carboxylic acids is 1. The van der Waals surface area contributed by atoms with Gasteiger partial charge in [-0.3, -0.25) is 9.59 Å². The molecule has 1 fully saturated rings. The van der Waals surface area contributed by atoms with Crippen LogP contribution in [0.2, 0.25) is 0 Å². The molecule has 0 heterocycles. The van der Waals surface area contributed by atoms with Gasteiger partial charge >= 0.3 is 5.97 Å². The highest BCUT2D eigenvalue weighted by molar-refractivity contribution is 5.79. The molecule has 0 aromatic heterocycles. The molecule has 1 aliphatic rings. The van der Waals surface area contributed by atoms with Gasteiger partial charge in [0, 0.05) is 12.0 Å². The van der Waals surface area contributed by atoms with Crippen molar-refractivity contribution in [3.63, 3.8) is 0 Å². The molecule has 1 amide bonds. The van der Waals surface area contributed by atoms with Crippen molar-refractivity contribution in [2.24, 2.45) is 5.73 Å². The summed E-state index contributed by atoms with van der Waals surface area (Å²) in [6.45, 7) is 0. The van der Waals surface area contributed by atoms with Crippen LogP contribution in [0.1, 0.15) is 43.7 Å². The zero-order valence-corrected chi connectivity index (χ0v) is 11.3. The molecular weight excluding hydrogens is 256 g/mol. The second kappa shape index (κ2) is 6.05. The van der Waals surface area contributed by atoms with E-state index in [-0.39, 0.29) is 18.7 Å². The van der Waals surface area contributed by atoms with Gasteiger partial charge in [-0.15, -0.1) is 0 Å². The van der Waals surface area contributed by atoms with Crippen molar-refractivity contribution in [3.05, 3.63) is 35.9 Å². The lowest BCUT2D eigenvalue weighted by molar-refractivity contribution is -0.137. The predicted molar refractivity (Wildman–Crippen MR) is 75.0 cm³/mol. The number of nitrogens with two attached hydrogens (primary N) is 1. The Labute approximate surface area is 118 Å². The van der Waals surface area contributed by atoms with E-state index in [9.17, 15) is 9.59 Å². The fraction of sp³-hybridized carbons (Fsp3) is 0.467. The van der Waals surface area contributed by atoms with Gasteiger partial charge < -0.3 is 16.2 Å². The maximum absolute atomic E-state index is 12.0. The normalized spacial score (nSPS) is 17.9. The van der Waals surface area contributed by atoms with Crippen LogP contribution in [0, 0.1) is 0 Å². The monoisotopic (exact) mass is 276 g/mol. The number of benzene rings is 1. The highest BCUT2D eigenvalue weighted by Gasteiger charge is 2.35. The average molecular weight is 276 g/mol. The van der Waals surface area contributed by atoms with Crippen LogP contribution < -0.4 is 11.1 Å². The largest absolute Gasteiger partial charge is 0.481 e. The number of carbonyl (C=O) groups excluding carboxylic acids is 1. The topological polar surface area (TPSA) is 92.4 Å². The molecule has 1 saturated carbocycles. The van der Waals surface area contributed by atoms with Crippen molar-refractivity contribution in [1.82, 2.24) is 5.32 Å². The first kappa shape index (κ1) is 14.5. The lowest BCUT2D eigenvalue weighted by Crippen LogP contribution is -2.50. The summed E-state index contributed by atoms with van der Waals surface area (Å²) in [6, 6.07) is 8.63. The first-order valence-electron chi connectivity index (χ1n) is 6.83. The number of rotatable bonds is 6. The Hall–Kier alpha value is -1.88. The number of hydrogen-bond donors (Lipinski definition) is 3. The highest BCUT2D eigenvalue weighted by atomic mass is 16.4. The Morgan fingerprint density at radius 1 is 1.30 bits per heavy atom. The lowest BCUT2D eigenvalue weighted by Gasteiger charge is -2.37. The number of aliphatic carboxylic acids is 1. The molecule has 108 valence electrons. The smallest absolute Gasteiger partial charge is 0.305 e. The van der Waals surface area contributed by atoms with E-state index in [1.807, 2.05) is 30.3 Å². The van der Waals surface area contributed by atoms with E-state index in [1.54, 1.807) is 0 Å². The van der Waals surface area contributed by atoms with Crippen LogP contribution in [0.4, 0.5) is 0 Å². The molecule has 1 aromatic rings. The van der Waals surface area contributed by atoms with Crippen molar-refractivity contribution in [2.75, 3.05) is 0 Å². The zero-order chi connectivity index (χ0) is 14.6. The van der Waals surface area contributed by atoms with Crippen molar-refractivity contribution >= 4 is 11.9 Å². The van der Waals surface area contributed by atoms with Crippen molar-refractivity contribution < 1.29 is 14.7 Å². The minimum Gasteiger partial charge on any atom is -0.481 e. The van der Waals surface area contributed by atoms with E-state index in [4.69, 9.17) is 10.8 Å². The molecule has 1 atom stereocenters. The van der Waals surface area contributed by atoms with E-state index >= 15 is 0 Å². The van der Waals surface area contributed by atoms with Crippen molar-refractivity contribution in [1.29, 1.82) is 0 Å². The first-order valence-corrected chi connectivity index (χ1v) is 6.83. The number of carbonyl (C=O) groups is 2. The minimum atomic E-state index is -0.940. The highest BCUT2D eigenvalue weighted by Crippen LogP contribution is 2.32. The van der Waals surface area contributed by atoms with Crippen LogP contribution in [0.15, 0.2) is 30.3 Å². The van der Waals surface area contributed by atoms with Gasteiger partial charge in [-0.1, -0.05) is 30.3 Å². The number of nitrogens with one attached hydrogen (secondary N) is 1. The summed E-state index contributed by atoms with van der Waals surface area (Å²) in [5, 5.41) is 11.8. The summed E-state index contributed by atoms with van der Waals surface area (Å²) < 4.78 is 0. The summed E-state index contributed by atoms with van der Waals surface area (Å²) in [5.74, 6) is -1.12. The Bertz CT molecular complexity index is 483. The van der Waals surface area contributed by atoms with E-state index in [0.29, 0.717) is 0 Å². The Kier molecular flexibility index (Phi) is 4.39. The number of hydrogen-bond acceptors (Lipinski definition) is 3. The van der Waals surface area contributed by atoms with E-state index in [2.05, 4.69) is 5.32 Å². The molecule has 5 heteroatoms. The molecule has 0 aliphatic heterocycles. The second-order valence-corrected chi connectivity index (χ2v) is 5.52. The maximum Gasteiger partial charge on any atom is 0.305 e. The van der Waals surface area contributed by atoms with Crippen LogP contribution >= 0.6 is 0 Å². The fourth-order valence-corrected chi connectivity index (χ4v) is 2.48. The molecule has 0 spiro atoms. The first-order chi connectivity index (χ1) is 9.48. The van der Waals surface area contributed by atoms with Crippen molar-refractivity contribution in [3.8, 4) is 0 Å². The lowest BCUT2D eigenvalue weighted by atomic mass is 9.75. The third kappa shape index (κ3) is 3.81. The van der Waals surface area contributed by atoms with Crippen molar-refractivity contribution in [2.45, 2.75) is 43.7 Å². The summed E-state index contributed by atoms with van der Waals surface area (Å²) >= 11 is 0. The summed E-state index contributed by atoms with van der Waals surface area (Å²) in [4.78, 5) is 23.0. The van der Waals surface area contributed by atoms with Crippen LogP contribution in [0.25, 0.3) is 0 Å². The van der Waals surface area contributed by atoms with Gasteiger partial charge in [-0.05, 0) is 24.8 Å².